The maximum Gasteiger partial charge on any atom is 0.147 e. The minimum absolute atomic E-state index is 0.384. The summed E-state index contributed by atoms with van der Waals surface area (Å²) in [5, 5.41) is 0. The molecule has 1 aliphatic carbocycles. The van der Waals surface area contributed by atoms with Gasteiger partial charge in [0.05, 0.1) is 12.2 Å². The van der Waals surface area contributed by atoms with Crippen molar-refractivity contribution >= 4 is 0 Å². The molecule has 0 bridgehead atoms. The van der Waals surface area contributed by atoms with Gasteiger partial charge in [0.15, 0.2) is 0 Å². The first-order valence-electron chi connectivity index (χ1n) is 5.41. The Balaban J connectivity index is 2.01. The molecule has 76 valence electrons. The molecule has 0 amide bonds. The third-order valence-corrected chi connectivity index (χ3v) is 3.62. The van der Waals surface area contributed by atoms with Gasteiger partial charge in [-0.05, 0) is 30.6 Å². The van der Waals surface area contributed by atoms with E-state index in [9.17, 15) is 0 Å². The van der Waals surface area contributed by atoms with Crippen LogP contribution in [0.4, 0.5) is 0 Å². The highest BCUT2D eigenvalue weighted by molar-refractivity contribution is 4.88. The second-order valence-corrected chi connectivity index (χ2v) is 4.91. The summed E-state index contributed by atoms with van der Waals surface area (Å²) in [5.41, 5.74) is 0. The summed E-state index contributed by atoms with van der Waals surface area (Å²) in [6.45, 7) is 7.44. The summed E-state index contributed by atoms with van der Waals surface area (Å²) in [5.74, 6) is 2.29. The molecule has 2 rings (SSSR count). The first-order chi connectivity index (χ1) is 6.18. The quantitative estimate of drug-likeness (QED) is 0.623. The SMILES string of the molecule is CC(C)C1CC(C)C2OCOC2C1. The number of hydrogen-bond donors (Lipinski definition) is 0. The van der Waals surface area contributed by atoms with Gasteiger partial charge in [-0.25, -0.2) is 0 Å². The Morgan fingerprint density at radius 2 is 1.92 bits per heavy atom. The van der Waals surface area contributed by atoms with Gasteiger partial charge in [0.1, 0.15) is 6.79 Å². The van der Waals surface area contributed by atoms with Crippen molar-refractivity contribution < 1.29 is 9.47 Å². The summed E-state index contributed by atoms with van der Waals surface area (Å²) in [4.78, 5) is 0. The third-order valence-electron chi connectivity index (χ3n) is 3.62. The van der Waals surface area contributed by atoms with Crippen LogP contribution in [0.3, 0.4) is 0 Å². The van der Waals surface area contributed by atoms with Crippen LogP contribution in [0, 0.1) is 17.8 Å². The van der Waals surface area contributed by atoms with Gasteiger partial charge in [-0.3, -0.25) is 0 Å². The van der Waals surface area contributed by atoms with E-state index in [-0.39, 0.29) is 0 Å². The van der Waals surface area contributed by atoms with E-state index in [2.05, 4.69) is 20.8 Å². The molecule has 1 aliphatic heterocycles. The lowest BCUT2D eigenvalue weighted by molar-refractivity contribution is 0.0217. The van der Waals surface area contributed by atoms with Gasteiger partial charge in [0.25, 0.3) is 0 Å². The number of fused-ring (bicyclic) bond motifs is 1. The predicted molar refractivity (Wildman–Crippen MR) is 51.3 cm³/mol. The predicted octanol–water partition coefficient (Wildman–Crippen LogP) is 2.43. The Morgan fingerprint density at radius 1 is 1.15 bits per heavy atom. The Labute approximate surface area is 80.6 Å². The first-order valence-corrected chi connectivity index (χ1v) is 5.41. The maximum atomic E-state index is 5.59. The number of ether oxygens (including phenoxy) is 2. The van der Waals surface area contributed by atoms with Crippen molar-refractivity contribution in [3.63, 3.8) is 0 Å². The fraction of sp³-hybridized carbons (Fsp3) is 1.00. The second-order valence-electron chi connectivity index (χ2n) is 4.91. The summed E-state index contributed by atoms with van der Waals surface area (Å²) in [6, 6.07) is 0. The molecular formula is C11H20O2. The molecule has 1 heterocycles. The van der Waals surface area contributed by atoms with Crippen molar-refractivity contribution in [2.75, 3.05) is 6.79 Å². The number of hydrogen-bond acceptors (Lipinski definition) is 2. The zero-order valence-corrected chi connectivity index (χ0v) is 8.82. The normalized spacial score (nSPS) is 45.2. The molecule has 2 nitrogen and oxygen atoms in total. The molecule has 0 aromatic carbocycles. The van der Waals surface area contributed by atoms with E-state index in [0.717, 1.165) is 11.8 Å². The van der Waals surface area contributed by atoms with E-state index in [0.29, 0.717) is 24.9 Å². The van der Waals surface area contributed by atoms with Crippen LogP contribution >= 0.6 is 0 Å². The van der Waals surface area contributed by atoms with Crippen molar-refractivity contribution in [3.8, 4) is 0 Å². The Morgan fingerprint density at radius 3 is 2.62 bits per heavy atom. The Kier molecular flexibility index (Phi) is 2.61. The minimum Gasteiger partial charge on any atom is -0.349 e. The molecule has 13 heavy (non-hydrogen) atoms. The number of rotatable bonds is 1. The minimum atomic E-state index is 0.384. The van der Waals surface area contributed by atoms with Crippen molar-refractivity contribution in [2.24, 2.45) is 17.8 Å². The summed E-state index contributed by atoms with van der Waals surface area (Å²) >= 11 is 0. The highest BCUT2D eigenvalue weighted by atomic mass is 16.7. The molecular weight excluding hydrogens is 164 g/mol. The lowest BCUT2D eigenvalue weighted by Crippen LogP contribution is -2.39. The monoisotopic (exact) mass is 184 g/mol. The van der Waals surface area contributed by atoms with Crippen LogP contribution in [-0.4, -0.2) is 19.0 Å². The molecule has 2 fully saturated rings. The van der Waals surface area contributed by atoms with Gasteiger partial charge in [-0.15, -0.1) is 0 Å². The summed E-state index contributed by atoms with van der Waals surface area (Å²) in [6.07, 6.45) is 3.28. The van der Waals surface area contributed by atoms with Crippen LogP contribution in [0.2, 0.25) is 0 Å². The van der Waals surface area contributed by atoms with E-state index in [1.807, 2.05) is 0 Å². The molecule has 0 aromatic heterocycles. The Bertz CT molecular complexity index is 179. The van der Waals surface area contributed by atoms with Crippen molar-refractivity contribution in [1.82, 2.24) is 0 Å². The molecule has 4 unspecified atom stereocenters. The second kappa shape index (κ2) is 3.58. The molecule has 2 aliphatic rings. The topological polar surface area (TPSA) is 18.5 Å². The fourth-order valence-electron chi connectivity index (χ4n) is 2.69. The van der Waals surface area contributed by atoms with E-state index in [1.165, 1.54) is 12.8 Å². The van der Waals surface area contributed by atoms with Gasteiger partial charge in [-0.1, -0.05) is 20.8 Å². The zero-order chi connectivity index (χ0) is 9.42. The van der Waals surface area contributed by atoms with Crippen molar-refractivity contribution in [2.45, 2.75) is 45.8 Å². The third kappa shape index (κ3) is 1.75. The average molecular weight is 184 g/mol. The summed E-state index contributed by atoms with van der Waals surface area (Å²) in [7, 11) is 0. The molecule has 0 aromatic rings. The largest absolute Gasteiger partial charge is 0.349 e. The molecule has 0 radical (unpaired) electrons. The lowest BCUT2D eigenvalue weighted by Gasteiger charge is -2.36. The lowest BCUT2D eigenvalue weighted by atomic mass is 9.74. The fourth-order valence-corrected chi connectivity index (χ4v) is 2.69. The first kappa shape index (κ1) is 9.47. The molecule has 1 saturated carbocycles. The highest BCUT2D eigenvalue weighted by Gasteiger charge is 2.41. The Hall–Kier alpha value is -0.0800. The van der Waals surface area contributed by atoms with Crippen molar-refractivity contribution in [1.29, 1.82) is 0 Å². The molecule has 4 atom stereocenters. The molecule has 1 saturated heterocycles. The average Bonchev–Trinajstić information content (AvgIpc) is 2.51. The molecule has 0 N–H and O–H groups in total. The highest BCUT2D eigenvalue weighted by Crippen LogP contribution is 2.38. The summed E-state index contributed by atoms with van der Waals surface area (Å²) < 4.78 is 11.2. The van der Waals surface area contributed by atoms with Gasteiger partial charge >= 0.3 is 0 Å². The molecule has 2 heteroatoms. The van der Waals surface area contributed by atoms with Gasteiger partial charge in [0, 0.05) is 0 Å². The van der Waals surface area contributed by atoms with E-state index in [4.69, 9.17) is 9.47 Å². The van der Waals surface area contributed by atoms with Crippen LogP contribution in [-0.2, 0) is 9.47 Å². The molecule has 0 spiro atoms. The van der Waals surface area contributed by atoms with Crippen LogP contribution in [0.1, 0.15) is 33.6 Å². The van der Waals surface area contributed by atoms with Gasteiger partial charge in [0.2, 0.25) is 0 Å². The van der Waals surface area contributed by atoms with Gasteiger partial charge < -0.3 is 9.47 Å². The smallest absolute Gasteiger partial charge is 0.147 e. The van der Waals surface area contributed by atoms with E-state index >= 15 is 0 Å². The van der Waals surface area contributed by atoms with Crippen molar-refractivity contribution in [3.05, 3.63) is 0 Å². The van der Waals surface area contributed by atoms with E-state index < -0.39 is 0 Å². The van der Waals surface area contributed by atoms with Crippen LogP contribution in [0.25, 0.3) is 0 Å². The zero-order valence-electron chi connectivity index (χ0n) is 8.82. The van der Waals surface area contributed by atoms with Crippen LogP contribution in [0.15, 0.2) is 0 Å². The standard InChI is InChI=1S/C11H20O2/c1-7(2)9-4-8(3)11-10(5-9)12-6-13-11/h7-11H,4-6H2,1-3H3. The van der Waals surface area contributed by atoms with Gasteiger partial charge in [-0.2, -0.15) is 0 Å². The van der Waals surface area contributed by atoms with E-state index in [1.54, 1.807) is 0 Å². The van der Waals surface area contributed by atoms with Crippen LogP contribution < -0.4 is 0 Å². The maximum absolute atomic E-state index is 5.59. The van der Waals surface area contributed by atoms with Crippen LogP contribution in [0.5, 0.6) is 0 Å².